The van der Waals surface area contributed by atoms with E-state index in [1.54, 1.807) is 6.08 Å². The van der Waals surface area contributed by atoms with E-state index in [4.69, 9.17) is 4.74 Å². The summed E-state index contributed by atoms with van der Waals surface area (Å²) < 4.78 is 5.22. The van der Waals surface area contributed by atoms with Crippen molar-refractivity contribution < 1.29 is 14.6 Å². The first kappa shape index (κ1) is 17.6. The van der Waals surface area contributed by atoms with Gasteiger partial charge in [-0.05, 0) is 25.3 Å². The summed E-state index contributed by atoms with van der Waals surface area (Å²) in [7, 11) is 1.39. The number of ether oxygens (including phenoxy) is 1. The van der Waals surface area contributed by atoms with Gasteiger partial charge < -0.3 is 15.2 Å². The Bertz CT molecular complexity index is 913. The smallest absolute Gasteiger partial charge is 0.336 e. The molecule has 1 aliphatic carbocycles. The van der Waals surface area contributed by atoms with Crippen LogP contribution in [0.15, 0.2) is 18.3 Å². The summed E-state index contributed by atoms with van der Waals surface area (Å²) >= 11 is 0. The highest BCUT2D eigenvalue weighted by molar-refractivity contribution is 5.80. The molecule has 2 heterocycles. The molecule has 0 aliphatic heterocycles. The van der Waals surface area contributed by atoms with Gasteiger partial charge >= 0.3 is 5.97 Å². The Morgan fingerprint density at radius 3 is 2.85 bits per heavy atom. The van der Waals surface area contributed by atoms with Crippen molar-refractivity contribution in [3.05, 3.63) is 35.4 Å². The molecule has 3 N–H and O–H groups in total. The van der Waals surface area contributed by atoms with Crippen LogP contribution in [0.4, 0.5) is 11.6 Å². The van der Waals surface area contributed by atoms with Gasteiger partial charge in [0.2, 0.25) is 0 Å². The molecule has 1 atom stereocenters. The maximum atomic E-state index is 11.5. The number of aryl methyl sites for hydroxylation is 1. The SMILES string of the molecule is COC1(C(=O)O)CC=C(c2nc(Nc3cc(C)[nH]n3)cnc2C#N)CC1. The van der Waals surface area contributed by atoms with Gasteiger partial charge in [-0.1, -0.05) is 6.08 Å². The summed E-state index contributed by atoms with van der Waals surface area (Å²) in [5.41, 5.74) is 1.09. The van der Waals surface area contributed by atoms with Crippen molar-refractivity contribution in [1.29, 1.82) is 5.26 Å². The second kappa shape index (κ2) is 6.93. The quantitative estimate of drug-likeness (QED) is 0.743. The third kappa shape index (κ3) is 3.27. The van der Waals surface area contributed by atoms with Gasteiger partial charge in [0.25, 0.3) is 0 Å². The molecule has 0 fully saturated rings. The van der Waals surface area contributed by atoms with E-state index in [1.165, 1.54) is 13.3 Å². The normalized spacial score (nSPS) is 19.5. The molecule has 2 aromatic heterocycles. The molecule has 0 saturated carbocycles. The average Bonchev–Trinajstić information content (AvgIpc) is 3.06. The maximum absolute atomic E-state index is 11.5. The Kier molecular flexibility index (Phi) is 4.69. The Labute approximate surface area is 149 Å². The van der Waals surface area contributed by atoms with E-state index in [9.17, 15) is 15.2 Å². The molecule has 0 radical (unpaired) electrons. The lowest BCUT2D eigenvalue weighted by Gasteiger charge is -2.31. The topological polar surface area (TPSA) is 137 Å². The molecule has 26 heavy (non-hydrogen) atoms. The summed E-state index contributed by atoms with van der Waals surface area (Å²) in [6, 6.07) is 3.85. The molecule has 134 valence electrons. The van der Waals surface area contributed by atoms with Gasteiger partial charge in [-0.15, -0.1) is 0 Å². The average molecular weight is 354 g/mol. The molecule has 0 aromatic carbocycles. The number of methoxy groups -OCH3 is 1. The van der Waals surface area contributed by atoms with Crippen molar-refractivity contribution in [1.82, 2.24) is 20.2 Å². The minimum atomic E-state index is -1.23. The molecule has 1 aliphatic rings. The first-order chi connectivity index (χ1) is 12.5. The van der Waals surface area contributed by atoms with Crippen molar-refractivity contribution >= 4 is 23.2 Å². The number of carboxylic acid groups (broad SMARTS) is 1. The number of carbonyl (C=O) groups is 1. The maximum Gasteiger partial charge on any atom is 0.336 e. The zero-order valence-corrected chi connectivity index (χ0v) is 14.4. The summed E-state index contributed by atoms with van der Waals surface area (Å²) in [4.78, 5) is 20.1. The number of allylic oxidation sites excluding steroid dienone is 1. The standard InChI is InChI=1S/C17H18N6O3/c1-10-7-13(23-22-10)20-14-9-19-12(8-18)15(21-14)11-3-5-17(26-2,6-4-11)16(24)25/h3,7,9H,4-6H2,1-2H3,(H,24,25)(H2,20,21,22,23). The van der Waals surface area contributed by atoms with Crippen molar-refractivity contribution in [3.63, 3.8) is 0 Å². The van der Waals surface area contributed by atoms with Crippen LogP contribution in [-0.4, -0.2) is 44.0 Å². The summed E-state index contributed by atoms with van der Waals surface area (Å²) in [6.07, 6.45) is 4.15. The third-order valence-corrected chi connectivity index (χ3v) is 4.40. The molecule has 1 unspecified atom stereocenters. The van der Waals surface area contributed by atoms with Crippen molar-refractivity contribution in [2.24, 2.45) is 0 Å². The number of hydrogen-bond donors (Lipinski definition) is 3. The third-order valence-electron chi connectivity index (χ3n) is 4.40. The fourth-order valence-corrected chi connectivity index (χ4v) is 2.88. The van der Waals surface area contributed by atoms with E-state index in [-0.39, 0.29) is 12.1 Å². The number of aromatic amines is 1. The van der Waals surface area contributed by atoms with Gasteiger partial charge in [-0.3, -0.25) is 5.10 Å². The van der Waals surface area contributed by atoms with Crippen molar-refractivity contribution in [3.8, 4) is 6.07 Å². The van der Waals surface area contributed by atoms with Crippen LogP contribution in [0.5, 0.6) is 0 Å². The van der Waals surface area contributed by atoms with Gasteiger partial charge in [0.15, 0.2) is 22.9 Å². The summed E-state index contributed by atoms with van der Waals surface area (Å²) in [5, 5.41) is 28.7. The van der Waals surface area contributed by atoms with Gasteiger partial charge in [0.1, 0.15) is 11.8 Å². The number of aromatic nitrogens is 4. The lowest BCUT2D eigenvalue weighted by Crippen LogP contribution is -2.41. The zero-order chi connectivity index (χ0) is 18.7. The van der Waals surface area contributed by atoms with Gasteiger partial charge in [-0.25, -0.2) is 14.8 Å². The summed E-state index contributed by atoms with van der Waals surface area (Å²) in [5.74, 6) is 0.0498. The molecule has 0 bridgehead atoms. The fraction of sp³-hybridized carbons (Fsp3) is 0.353. The van der Waals surface area contributed by atoms with Crippen LogP contribution in [0.3, 0.4) is 0 Å². The van der Waals surface area contributed by atoms with Crippen LogP contribution in [0, 0.1) is 18.3 Å². The van der Waals surface area contributed by atoms with Crippen molar-refractivity contribution in [2.45, 2.75) is 31.8 Å². The Balaban J connectivity index is 1.90. The van der Waals surface area contributed by atoms with E-state index in [1.807, 2.05) is 19.1 Å². The molecule has 9 nitrogen and oxygen atoms in total. The van der Waals surface area contributed by atoms with Gasteiger partial charge in [0, 0.05) is 25.3 Å². The van der Waals surface area contributed by atoms with E-state index in [2.05, 4.69) is 25.5 Å². The Morgan fingerprint density at radius 2 is 2.31 bits per heavy atom. The monoisotopic (exact) mass is 354 g/mol. The molecule has 0 amide bonds. The number of nitriles is 1. The molecule has 3 rings (SSSR count). The molecule has 2 aromatic rings. The first-order valence-corrected chi connectivity index (χ1v) is 8.01. The Morgan fingerprint density at radius 1 is 1.50 bits per heavy atom. The number of aliphatic carboxylic acids is 1. The number of rotatable bonds is 5. The van der Waals surface area contributed by atoms with Crippen molar-refractivity contribution in [2.75, 3.05) is 12.4 Å². The minimum Gasteiger partial charge on any atom is -0.479 e. The predicted molar refractivity (Wildman–Crippen MR) is 92.6 cm³/mol. The van der Waals surface area contributed by atoms with Crippen LogP contribution < -0.4 is 5.32 Å². The molecule has 0 saturated heterocycles. The largest absolute Gasteiger partial charge is 0.479 e. The highest BCUT2D eigenvalue weighted by Crippen LogP contribution is 2.35. The second-order valence-electron chi connectivity index (χ2n) is 6.06. The van der Waals surface area contributed by atoms with Gasteiger partial charge in [-0.2, -0.15) is 10.4 Å². The van der Waals surface area contributed by atoms with Gasteiger partial charge in [0.05, 0.1) is 6.20 Å². The van der Waals surface area contributed by atoms with Crippen LogP contribution in [-0.2, 0) is 9.53 Å². The van der Waals surface area contributed by atoms with Crippen LogP contribution in [0.2, 0.25) is 0 Å². The number of anilines is 2. The number of hydrogen-bond acceptors (Lipinski definition) is 7. The second-order valence-corrected chi connectivity index (χ2v) is 6.06. The van der Waals surface area contributed by atoms with Crippen LogP contribution in [0.25, 0.3) is 5.57 Å². The van der Waals surface area contributed by atoms with E-state index in [0.29, 0.717) is 30.2 Å². The molecule has 9 heteroatoms. The fourth-order valence-electron chi connectivity index (χ4n) is 2.88. The highest BCUT2D eigenvalue weighted by Gasteiger charge is 2.40. The predicted octanol–water partition coefficient (Wildman–Crippen LogP) is 2.16. The summed E-state index contributed by atoms with van der Waals surface area (Å²) in [6.45, 7) is 1.88. The lowest BCUT2D eigenvalue weighted by atomic mass is 9.84. The van der Waals surface area contributed by atoms with E-state index in [0.717, 1.165) is 11.3 Å². The molecular formula is C17H18N6O3. The number of nitrogens with one attached hydrogen (secondary N) is 2. The number of carboxylic acids is 1. The zero-order valence-electron chi connectivity index (χ0n) is 14.4. The van der Waals surface area contributed by atoms with E-state index < -0.39 is 11.6 Å². The van der Waals surface area contributed by atoms with Crippen LogP contribution in [0.1, 0.15) is 36.3 Å². The number of H-pyrrole nitrogens is 1. The number of nitrogens with zero attached hydrogens (tertiary/aromatic N) is 4. The van der Waals surface area contributed by atoms with Crippen LogP contribution >= 0.6 is 0 Å². The first-order valence-electron chi connectivity index (χ1n) is 8.01. The Hall–Kier alpha value is -3.25. The highest BCUT2D eigenvalue weighted by atomic mass is 16.5. The van der Waals surface area contributed by atoms with E-state index >= 15 is 0 Å². The molecule has 0 spiro atoms. The lowest BCUT2D eigenvalue weighted by molar-refractivity contribution is -0.163. The minimum absolute atomic E-state index is 0.195. The molecular weight excluding hydrogens is 336 g/mol.